The van der Waals surface area contributed by atoms with Crippen molar-refractivity contribution in [1.29, 1.82) is 0 Å². The maximum absolute atomic E-state index is 12.2. The van der Waals surface area contributed by atoms with Gasteiger partial charge in [-0.15, -0.1) is 0 Å². The van der Waals surface area contributed by atoms with E-state index < -0.39 is 18.2 Å². The zero-order chi connectivity index (χ0) is 21.8. The molecule has 0 saturated carbocycles. The minimum atomic E-state index is -0.770. The van der Waals surface area contributed by atoms with Crippen molar-refractivity contribution in [2.45, 2.75) is 38.5 Å². The van der Waals surface area contributed by atoms with E-state index in [1.54, 1.807) is 12.1 Å². The largest absolute Gasteiger partial charge is 0.326 e. The van der Waals surface area contributed by atoms with E-state index in [0.717, 1.165) is 30.4 Å². The molecule has 0 unspecified atom stereocenters. The number of aryl methyl sites for hydroxylation is 1. The van der Waals surface area contributed by atoms with Crippen LogP contribution >= 0.6 is 0 Å². The zero-order valence-electron chi connectivity index (χ0n) is 16.8. The van der Waals surface area contributed by atoms with E-state index in [4.69, 9.17) is 11.0 Å². The van der Waals surface area contributed by atoms with Gasteiger partial charge in [0.05, 0.1) is 0 Å². The number of carbonyl (C=O) groups excluding carboxylic acids is 3. The van der Waals surface area contributed by atoms with Crippen LogP contribution in [0.5, 0.6) is 0 Å². The van der Waals surface area contributed by atoms with Crippen molar-refractivity contribution in [3.8, 4) is 0 Å². The molecule has 0 aliphatic rings. The van der Waals surface area contributed by atoms with Crippen molar-refractivity contribution >= 4 is 23.3 Å². The zero-order valence-corrected chi connectivity index (χ0v) is 16.8. The molecule has 2 amide bonds. The molecule has 0 aliphatic heterocycles. The van der Waals surface area contributed by atoms with Gasteiger partial charge in [-0.3, -0.25) is 30.9 Å². The van der Waals surface area contributed by atoms with Gasteiger partial charge >= 0.3 is 0 Å². The predicted molar refractivity (Wildman–Crippen MR) is 114 cm³/mol. The van der Waals surface area contributed by atoms with E-state index in [1.807, 2.05) is 36.4 Å². The van der Waals surface area contributed by atoms with Crippen molar-refractivity contribution in [3.63, 3.8) is 0 Å². The first-order valence-corrected chi connectivity index (χ1v) is 9.85. The molecule has 0 fully saturated rings. The van der Waals surface area contributed by atoms with Crippen molar-refractivity contribution in [2.24, 2.45) is 5.84 Å². The molecule has 2 aromatic rings. The standard InChI is InChI=1S/C22H28N4O4/c23-24-13-12-17-4-6-18(7-5-17)14-20(27)3-1-2-16-8-10-19(11-9-16)25-21(28)15-22(29)26-30/h4-11,24,30H,1-3,12-15,23H2,(H,25,28)(H,26,29). The highest BCUT2D eigenvalue weighted by Gasteiger charge is 2.09. The molecule has 2 aromatic carbocycles. The minimum absolute atomic E-state index is 0.206. The normalized spacial score (nSPS) is 10.5. The number of rotatable bonds is 12. The van der Waals surface area contributed by atoms with Crippen LogP contribution in [0.4, 0.5) is 5.69 Å². The third kappa shape index (κ3) is 8.52. The summed E-state index contributed by atoms with van der Waals surface area (Å²) in [6.45, 7) is 0.715. The van der Waals surface area contributed by atoms with Crippen LogP contribution in [0.15, 0.2) is 48.5 Å². The Bertz CT molecular complexity index is 835. The van der Waals surface area contributed by atoms with Gasteiger partial charge in [0.25, 0.3) is 5.91 Å². The fraction of sp³-hybridized carbons (Fsp3) is 0.318. The maximum atomic E-state index is 12.2. The minimum Gasteiger partial charge on any atom is -0.326 e. The van der Waals surface area contributed by atoms with Crippen LogP contribution in [0.3, 0.4) is 0 Å². The van der Waals surface area contributed by atoms with E-state index in [0.29, 0.717) is 25.1 Å². The Hall–Kier alpha value is -3.07. The third-order valence-corrected chi connectivity index (χ3v) is 4.59. The lowest BCUT2D eigenvalue weighted by atomic mass is 10.0. The van der Waals surface area contributed by atoms with E-state index in [-0.39, 0.29) is 5.78 Å². The van der Waals surface area contributed by atoms with Crippen LogP contribution in [0, 0.1) is 0 Å². The Morgan fingerprint density at radius 3 is 2.07 bits per heavy atom. The topological polar surface area (TPSA) is 134 Å². The second-order valence-corrected chi connectivity index (χ2v) is 7.05. The first-order valence-electron chi connectivity index (χ1n) is 9.85. The summed E-state index contributed by atoms with van der Waals surface area (Å²) in [5, 5.41) is 11.0. The average molecular weight is 412 g/mol. The van der Waals surface area contributed by atoms with E-state index >= 15 is 0 Å². The first kappa shape index (κ1) is 23.2. The smallest absolute Gasteiger partial charge is 0.252 e. The molecule has 0 atom stereocenters. The second-order valence-electron chi connectivity index (χ2n) is 7.05. The molecule has 6 N–H and O–H groups in total. The number of Topliss-reactive ketones (excluding diaryl/α,β-unsaturated/α-hetero) is 1. The van der Waals surface area contributed by atoms with Gasteiger partial charge in [0, 0.05) is 25.1 Å². The summed E-state index contributed by atoms with van der Waals surface area (Å²) in [5.41, 5.74) is 7.86. The third-order valence-electron chi connectivity index (χ3n) is 4.59. The molecule has 2 rings (SSSR count). The molecule has 0 aliphatic carbocycles. The number of carbonyl (C=O) groups is 3. The van der Waals surface area contributed by atoms with Gasteiger partial charge < -0.3 is 5.32 Å². The monoisotopic (exact) mass is 412 g/mol. The SMILES string of the molecule is NNCCc1ccc(CC(=O)CCCc2ccc(NC(=O)CC(=O)NO)cc2)cc1. The predicted octanol–water partition coefficient (Wildman–Crippen LogP) is 1.66. The van der Waals surface area contributed by atoms with Crippen molar-refractivity contribution in [1.82, 2.24) is 10.9 Å². The Kier molecular flexibility index (Phi) is 9.66. The molecule has 8 heteroatoms. The molecular formula is C22H28N4O4. The number of benzene rings is 2. The summed E-state index contributed by atoms with van der Waals surface area (Å²) < 4.78 is 0. The summed E-state index contributed by atoms with van der Waals surface area (Å²) in [4.78, 5) is 34.8. The Morgan fingerprint density at radius 2 is 1.43 bits per heavy atom. The highest BCUT2D eigenvalue weighted by molar-refractivity contribution is 6.03. The molecule has 0 aromatic heterocycles. The molecule has 160 valence electrons. The van der Waals surface area contributed by atoms with E-state index in [9.17, 15) is 14.4 Å². The van der Waals surface area contributed by atoms with Crippen molar-refractivity contribution in [2.75, 3.05) is 11.9 Å². The first-order chi connectivity index (χ1) is 14.5. The summed E-state index contributed by atoms with van der Waals surface area (Å²) in [5.74, 6) is 4.20. The van der Waals surface area contributed by atoms with Gasteiger partial charge in [0.15, 0.2) is 0 Å². The number of ketones is 1. The fourth-order valence-electron chi connectivity index (χ4n) is 2.99. The van der Waals surface area contributed by atoms with Gasteiger partial charge in [-0.2, -0.15) is 0 Å². The number of hydrogen-bond donors (Lipinski definition) is 5. The number of nitrogens with two attached hydrogens (primary N) is 1. The summed E-state index contributed by atoms with van der Waals surface area (Å²) in [6.07, 6.45) is 2.86. The highest BCUT2D eigenvalue weighted by Crippen LogP contribution is 2.13. The van der Waals surface area contributed by atoms with E-state index in [2.05, 4.69) is 10.7 Å². The molecule has 0 radical (unpaired) electrons. The van der Waals surface area contributed by atoms with Crippen LogP contribution < -0.4 is 22.1 Å². The summed E-state index contributed by atoms with van der Waals surface area (Å²) in [7, 11) is 0. The van der Waals surface area contributed by atoms with Crippen LogP contribution in [-0.4, -0.2) is 29.3 Å². The van der Waals surface area contributed by atoms with Crippen molar-refractivity contribution < 1.29 is 19.6 Å². The van der Waals surface area contributed by atoms with Gasteiger partial charge in [-0.25, -0.2) is 5.48 Å². The number of amides is 2. The van der Waals surface area contributed by atoms with Gasteiger partial charge in [-0.1, -0.05) is 36.4 Å². The maximum Gasteiger partial charge on any atom is 0.252 e. The second kappa shape index (κ2) is 12.5. The molecule has 0 heterocycles. The lowest BCUT2D eigenvalue weighted by Crippen LogP contribution is -2.25. The van der Waals surface area contributed by atoms with E-state index in [1.165, 1.54) is 11.0 Å². The number of hydrogen-bond acceptors (Lipinski definition) is 6. The van der Waals surface area contributed by atoms with Crippen LogP contribution in [0.2, 0.25) is 0 Å². The summed E-state index contributed by atoms with van der Waals surface area (Å²) in [6, 6.07) is 15.3. The average Bonchev–Trinajstić information content (AvgIpc) is 2.74. The molecule has 0 saturated heterocycles. The molecular weight excluding hydrogens is 384 g/mol. The summed E-state index contributed by atoms with van der Waals surface area (Å²) >= 11 is 0. The Labute approximate surface area is 175 Å². The van der Waals surface area contributed by atoms with Gasteiger partial charge in [-0.05, 0) is 48.1 Å². The van der Waals surface area contributed by atoms with Crippen LogP contribution in [-0.2, 0) is 33.6 Å². The quantitative estimate of drug-likeness (QED) is 0.156. The Morgan fingerprint density at radius 1 is 0.833 bits per heavy atom. The highest BCUT2D eigenvalue weighted by atomic mass is 16.5. The molecule has 0 bridgehead atoms. The number of nitrogens with one attached hydrogen (secondary N) is 3. The van der Waals surface area contributed by atoms with Crippen LogP contribution in [0.25, 0.3) is 0 Å². The van der Waals surface area contributed by atoms with Gasteiger partial charge in [0.1, 0.15) is 12.2 Å². The van der Waals surface area contributed by atoms with Crippen molar-refractivity contribution in [3.05, 3.63) is 65.2 Å². The number of hydrazine groups is 1. The lowest BCUT2D eigenvalue weighted by molar-refractivity contribution is -0.133. The molecule has 0 spiro atoms. The van der Waals surface area contributed by atoms with Gasteiger partial charge in [0.2, 0.25) is 5.91 Å². The molecule has 8 nitrogen and oxygen atoms in total. The lowest BCUT2D eigenvalue weighted by Gasteiger charge is -2.07. The Balaban J connectivity index is 1.71. The molecule has 30 heavy (non-hydrogen) atoms. The van der Waals surface area contributed by atoms with Crippen LogP contribution in [0.1, 0.15) is 36.0 Å². The number of hydroxylamine groups is 1. The number of anilines is 1. The fourth-order valence-corrected chi connectivity index (χ4v) is 2.99.